The van der Waals surface area contributed by atoms with Crippen molar-refractivity contribution in [3.63, 3.8) is 0 Å². The Morgan fingerprint density at radius 2 is 1.84 bits per heavy atom. The SMILES string of the molecule is CCCn1c(=O)c(N2CCN(C(=O)C(C)C)CC2)nc2ccccc21. The van der Waals surface area contributed by atoms with E-state index in [0.717, 1.165) is 17.5 Å². The van der Waals surface area contributed by atoms with E-state index in [1.165, 1.54) is 0 Å². The van der Waals surface area contributed by atoms with E-state index in [2.05, 4.69) is 11.9 Å². The molecule has 1 fully saturated rings. The lowest BCUT2D eigenvalue weighted by molar-refractivity contribution is -0.134. The second-order valence-corrected chi connectivity index (χ2v) is 6.85. The number of nitrogens with zero attached hydrogens (tertiary/aromatic N) is 4. The molecule has 0 radical (unpaired) electrons. The summed E-state index contributed by atoms with van der Waals surface area (Å²) in [6, 6.07) is 7.77. The van der Waals surface area contributed by atoms with Crippen LogP contribution in [0.2, 0.25) is 0 Å². The lowest BCUT2D eigenvalue weighted by Gasteiger charge is -2.36. The third kappa shape index (κ3) is 3.38. The maximum Gasteiger partial charge on any atom is 0.294 e. The Morgan fingerprint density at radius 1 is 1.16 bits per heavy atom. The van der Waals surface area contributed by atoms with Crippen molar-refractivity contribution in [2.45, 2.75) is 33.7 Å². The summed E-state index contributed by atoms with van der Waals surface area (Å²) in [4.78, 5) is 33.7. The van der Waals surface area contributed by atoms with Gasteiger partial charge in [0.25, 0.3) is 5.56 Å². The highest BCUT2D eigenvalue weighted by atomic mass is 16.2. The minimum absolute atomic E-state index is 0.00660. The molecule has 0 spiro atoms. The Labute approximate surface area is 148 Å². The average Bonchev–Trinajstić information content (AvgIpc) is 2.63. The maximum atomic E-state index is 13.0. The molecule has 0 atom stereocenters. The number of para-hydroxylation sites is 2. The second kappa shape index (κ2) is 7.25. The molecule has 2 heterocycles. The van der Waals surface area contributed by atoms with Crippen LogP contribution in [0.1, 0.15) is 27.2 Å². The van der Waals surface area contributed by atoms with Gasteiger partial charge in [-0.1, -0.05) is 32.9 Å². The van der Waals surface area contributed by atoms with Crippen LogP contribution in [0.25, 0.3) is 11.0 Å². The average molecular weight is 342 g/mol. The molecule has 0 bridgehead atoms. The van der Waals surface area contributed by atoms with E-state index in [1.807, 2.05) is 52.5 Å². The van der Waals surface area contributed by atoms with Gasteiger partial charge in [0.1, 0.15) is 0 Å². The fourth-order valence-electron chi connectivity index (χ4n) is 3.33. The molecule has 134 valence electrons. The zero-order chi connectivity index (χ0) is 18.0. The molecule has 1 saturated heterocycles. The van der Waals surface area contributed by atoms with Crippen molar-refractivity contribution in [2.24, 2.45) is 5.92 Å². The van der Waals surface area contributed by atoms with Gasteiger partial charge < -0.3 is 14.4 Å². The van der Waals surface area contributed by atoms with Crippen molar-refractivity contribution < 1.29 is 4.79 Å². The number of aryl methyl sites for hydroxylation is 1. The molecule has 1 aliphatic heterocycles. The van der Waals surface area contributed by atoms with E-state index in [-0.39, 0.29) is 17.4 Å². The zero-order valence-electron chi connectivity index (χ0n) is 15.2. The molecule has 0 aliphatic carbocycles. The van der Waals surface area contributed by atoms with E-state index < -0.39 is 0 Å². The van der Waals surface area contributed by atoms with E-state index in [4.69, 9.17) is 0 Å². The molecule has 3 rings (SSSR count). The van der Waals surface area contributed by atoms with Gasteiger partial charge in [-0.2, -0.15) is 0 Å². The molecule has 1 aliphatic rings. The van der Waals surface area contributed by atoms with Crippen molar-refractivity contribution in [2.75, 3.05) is 31.1 Å². The molecule has 0 saturated carbocycles. The largest absolute Gasteiger partial charge is 0.348 e. The monoisotopic (exact) mass is 342 g/mol. The van der Waals surface area contributed by atoms with Crippen molar-refractivity contribution in [3.8, 4) is 0 Å². The Morgan fingerprint density at radius 3 is 2.48 bits per heavy atom. The highest BCUT2D eigenvalue weighted by molar-refractivity contribution is 5.79. The summed E-state index contributed by atoms with van der Waals surface area (Å²) in [5.74, 6) is 0.686. The lowest BCUT2D eigenvalue weighted by Crippen LogP contribution is -2.51. The number of carbonyl (C=O) groups is 1. The molecule has 0 N–H and O–H groups in total. The van der Waals surface area contributed by atoms with Gasteiger partial charge in [-0.15, -0.1) is 0 Å². The first kappa shape index (κ1) is 17.5. The van der Waals surface area contributed by atoms with Crippen LogP contribution in [0, 0.1) is 5.92 Å². The Kier molecular flexibility index (Phi) is 5.06. The summed E-state index contributed by atoms with van der Waals surface area (Å²) in [5, 5.41) is 0. The molecule has 1 amide bonds. The van der Waals surface area contributed by atoms with Gasteiger partial charge >= 0.3 is 0 Å². The fourth-order valence-corrected chi connectivity index (χ4v) is 3.33. The summed E-state index contributed by atoms with van der Waals surface area (Å²) in [7, 11) is 0. The van der Waals surface area contributed by atoms with Crippen LogP contribution in [0.3, 0.4) is 0 Å². The normalized spacial score (nSPS) is 15.2. The Bertz CT molecular complexity index is 820. The fraction of sp³-hybridized carbons (Fsp3) is 0.526. The minimum Gasteiger partial charge on any atom is -0.348 e. The van der Waals surface area contributed by atoms with Gasteiger partial charge in [-0.05, 0) is 18.6 Å². The highest BCUT2D eigenvalue weighted by Crippen LogP contribution is 2.17. The lowest BCUT2D eigenvalue weighted by atomic mass is 10.1. The predicted octanol–water partition coefficient (Wildman–Crippen LogP) is 2.11. The number of hydrogen-bond donors (Lipinski definition) is 0. The van der Waals surface area contributed by atoms with E-state index >= 15 is 0 Å². The zero-order valence-corrected chi connectivity index (χ0v) is 15.2. The number of carbonyl (C=O) groups excluding carboxylic acids is 1. The van der Waals surface area contributed by atoms with Crippen LogP contribution in [0.4, 0.5) is 5.82 Å². The number of anilines is 1. The van der Waals surface area contributed by atoms with E-state index in [1.54, 1.807) is 0 Å². The standard InChI is InChI=1S/C19H26N4O2/c1-4-9-23-16-8-6-5-7-15(16)20-17(19(23)25)21-10-12-22(13-11-21)18(24)14(2)3/h5-8,14H,4,9-13H2,1-3H3. The molecule has 2 aromatic rings. The summed E-state index contributed by atoms with van der Waals surface area (Å²) in [6.07, 6.45) is 0.893. The number of rotatable bonds is 4. The predicted molar refractivity (Wildman–Crippen MR) is 99.9 cm³/mol. The molecule has 0 unspecified atom stereocenters. The van der Waals surface area contributed by atoms with E-state index in [9.17, 15) is 9.59 Å². The molecule has 1 aromatic heterocycles. The van der Waals surface area contributed by atoms with Crippen molar-refractivity contribution in [1.82, 2.24) is 14.5 Å². The first-order chi connectivity index (χ1) is 12.0. The van der Waals surface area contributed by atoms with Gasteiger partial charge in [0.15, 0.2) is 5.82 Å². The van der Waals surface area contributed by atoms with Gasteiger partial charge in [0, 0.05) is 38.6 Å². The molecule has 6 nitrogen and oxygen atoms in total. The molecule has 25 heavy (non-hydrogen) atoms. The van der Waals surface area contributed by atoms with Crippen LogP contribution in [0.5, 0.6) is 0 Å². The maximum absolute atomic E-state index is 13.0. The summed E-state index contributed by atoms with van der Waals surface area (Å²) in [6.45, 7) is 9.15. The Hall–Kier alpha value is -2.37. The smallest absolute Gasteiger partial charge is 0.294 e. The van der Waals surface area contributed by atoms with E-state index in [0.29, 0.717) is 38.5 Å². The highest BCUT2D eigenvalue weighted by Gasteiger charge is 2.25. The number of fused-ring (bicyclic) bond motifs is 1. The minimum atomic E-state index is -0.0378. The van der Waals surface area contributed by atoms with Crippen LogP contribution >= 0.6 is 0 Å². The number of piperazine rings is 1. The quantitative estimate of drug-likeness (QED) is 0.854. The summed E-state index contributed by atoms with van der Waals surface area (Å²) in [5.41, 5.74) is 1.68. The van der Waals surface area contributed by atoms with Crippen molar-refractivity contribution in [1.29, 1.82) is 0 Å². The van der Waals surface area contributed by atoms with Crippen LogP contribution in [-0.2, 0) is 11.3 Å². The van der Waals surface area contributed by atoms with Gasteiger partial charge in [0.2, 0.25) is 5.91 Å². The molecular weight excluding hydrogens is 316 g/mol. The first-order valence-corrected chi connectivity index (χ1v) is 9.06. The number of aromatic nitrogens is 2. The van der Waals surface area contributed by atoms with Gasteiger partial charge in [-0.3, -0.25) is 9.59 Å². The first-order valence-electron chi connectivity index (χ1n) is 9.06. The van der Waals surface area contributed by atoms with Crippen LogP contribution in [-0.4, -0.2) is 46.5 Å². The second-order valence-electron chi connectivity index (χ2n) is 6.85. The molecule has 1 aromatic carbocycles. The third-order valence-electron chi connectivity index (χ3n) is 4.67. The van der Waals surface area contributed by atoms with Crippen molar-refractivity contribution >= 4 is 22.8 Å². The number of hydrogen-bond acceptors (Lipinski definition) is 4. The number of amides is 1. The molecule has 6 heteroatoms. The van der Waals surface area contributed by atoms with Crippen LogP contribution < -0.4 is 10.5 Å². The summed E-state index contributed by atoms with van der Waals surface area (Å²) >= 11 is 0. The molecular formula is C19H26N4O2. The third-order valence-corrected chi connectivity index (χ3v) is 4.67. The van der Waals surface area contributed by atoms with Gasteiger partial charge in [0.05, 0.1) is 11.0 Å². The summed E-state index contributed by atoms with van der Waals surface area (Å²) < 4.78 is 1.82. The van der Waals surface area contributed by atoms with Crippen LogP contribution in [0.15, 0.2) is 29.1 Å². The Balaban J connectivity index is 1.91. The number of benzene rings is 1. The van der Waals surface area contributed by atoms with Gasteiger partial charge in [-0.25, -0.2) is 4.98 Å². The van der Waals surface area contributed by atoms with Crippen molar-refractivity contribution in [3.05, 3.63) is 34.6 Å². The topological polar surface area (TPSA) is 58.4 Å².